The van der Waals surface area contributed by atoms with Crippen LogP contribution in [0.1, 0.15) is 60.3 Å². The number of rotatable bonds is 14. The van der Waals surface area contributed by atoms with Crippen molar-refractivity contribution in [3.8, 4) is 0 Å². The molecule has 0 aromatic heterocycles. The van der Waals surface area contributed by atoms with Gasteiger partial charge in [-0.2, -0.15) is 0 Å². The first-order valence-electron chi connectivity index (χ1n) is 8.46. The molecule has 0 fully saturated rings. The lowest BCUT2D eigenvalue weighted by molar-refractivity contribution is 0.126. The van der Waals surface area contributed by atoms with Crippen LogP contribution in [0, 0.1) is 0 Å². The minimum atomic E-state index is -3.75. The fraction of sp³-hybridized carbons (Fsp3) is 1.00. The number of unbranched alkanes of at least 4 members (excludes halogenated alkanes) is 2. The van der Waals surface area contributed by atoms with E-state index in [2.05, 4.69) is 0 Å². The van der Waals surface area contributed by atoms with Crippen LogP contribution in [0.2, 0.25) is 0 Å². The van der Waals surface area contributed by atoms with E-state index in [4.69, 9.17) is 27.5 Å². The Bertz CT molecular complexity index is 327. The van der Waals surface area contributed by atoms with Crippen LogP contribution in [-0.4, -0.2) is 37.9 Å². The van der Waals surface area contributed by atoms with Crippen molar-refractivity contribution >= 4 is 15.6 Å². The molecule has 1 N–H and O–H groups in total. The highest BCUT2D eigenvalue weighted by molar-refractivity contribution is 7.48. The van der Waals surface area contributed by atoms with E-state index in [9.17, 15) is 9.13 Å². The average molecular weight is 392 g/mol. The molecule has 0 aromatic rings. The fourth-order valence-corrected chi connectivity index (χ4v) is 3.24. The van der Waals surface area contributed by atoms with Crippen LogP contribution < -0.4 is 0 Å². The highest BCUT2D eigenvalue weighted by Gasteiger charge is 2.23. The van der Waals surface area contributed by atoms with Gasteiger partial charge in [-0.1, -0.05) is 26.7 Å². The van der Waals surface area contributed by atoms with Crippen molar-refractivity contribution in [2.75, 3.05) is 33.0 Å². The predicted octanol–water partition coefficient (Wildman–Crippen LogP) is 4.92. The molecule has 0 spiro atoms. The van der Waals surface area contributed by atoms with Crippen molar-refractivity contribution in [2.24, 2.45) is 0 Å². The minimum Gasteiger partial charge on any atom is -0.302 e. The van der Waals surface area contributed by atoms with Gasteiger partial charge in [-0.05, 0) is 33.6 Å². The summed E-state index contributed by atoms with van der Waals surface area (Å²) in [4.78, 5) is 9.08. The van der Waals surface area contributed by atoms with E-state index in [1.54, 1.807) is 20.8 Å². The third kappa shape index (κ3) is 17.1. The van der Waals surface area contributed by atoms with E-state index in [1.165, 1.54) is 0 Å². The maximum Gasteiger partial charge on any atom is 0.474 e. The Morgan fingerprint density at radius 1 is 0.667 bits per heavy atom. The predicted molar refractivity (Wildman–Crippen MR) is 94.0 cm³/mol. The first-order chi connectivity index (χ1) is 11.3. The SMILES string of the molecule is CCCCOP(=O)(O)OCCCC.CCOP(=O)(OCC)OCC. The van der Waals surface area contributed by atoms with E-state index in [-0.39, 0.29) is 13.2 Å². The Morgan fingerprint density at radius 2 is 1.00 bits per heavy atom. The summed E-state index contributed by atoms with van der Waals surface area (Å²) in [5, 5.41) is 0. The van der Waals surface area contributed by atoms with Gasteiger partial charge in [0.2, 0.25) is 0 Å². The van der Waals surface area contributed by atoms with Crippen LogP contribution in [0.3, 0.4) is 0 Å². The molecule has 0 heterocycles. The third-order valence-electron chi connectivity index (χ3n) is 2.37. The number of phosphoric acid groups is 2. The Kier molecular flexibility index (Phi) is 18.4. The van der Waals surface area contributed by atoms with Crippen molar-refractivity contribution < 1.29 is 36.6 Å². The van der Waals surface area contributed by atoms with Crippen molar-refractivity contribution in [2.45, 2.75) is 60.3 Å². The van der Waals surface area contributed by atoms with Gasteiger partial charge in [-0.3, -0.25) is 22.6 Å². The summed E-state index contributed by atoms with van der Waals surface area (Å²) >= 11 is 0. The van der Waals surface area contributed by atoms with Gasteiger partial charge in [0.1, 0.15) is 0 Å². The van der Waals surface area contributed by atoms with Gasteiger partial charge < -0.3 is 4.89 Å². The standard InChI is InChI=1S/C8H19O4P.C6H15O4P/c1-3-5-7-11-13(9,10)12-8-6-4-2;1-4-8-11(7,9-5-2)10-6-3/h3-8H2,1-2H3,(H,9,10);4-6H2,1-3H3. The average Bonchev–Trinajstić information content (AvgIpc) is 2.49. The normalized spacial score (nSPS) is 11.9. The topological polar surface area (TPSA) is 101 Å². The smallest absolute Gasteiger partial charge is 0.302 e. The Balaban J connectivity index is 0. The second kappa shape index (κ2) is 16.7. The maximum atomic E-state index is 11.3. The van der Waals surface area contributed by atoms with E-state index in [0.29, 0.717) is 19.8 Å². The zero-order chi connectivity index (χ0) is 18.9. The first-order valence-corrected chi connectivity index (χ1v) is 11.4. The lowest BCUT2D eigenvalue weighted by atomic mass is 10.4. The van der Waals surface area contributed by atoms with Gasteiger partial charge in [0.25, 0.3) is 0 Å². The summed E-state index contributed by atoms with van der Waals surface area (Å²) in [6.45, 7) is 10.8. The molecule has 0 unspecified atom stereocenters. The van der Waals surface area contributed by atoms with Crippen LogP contribution in [0.25, 0.3) is 0 Å². The summed E-state index contributed by atoms with van der Waals surface area (Å²) in [6.07, 6.45) is 3.44. The molecule has 0 aromatic carbocycles. The molecule has 0 aliphatic rings. The van der Waals surface area contributed by atoms with Crippen LogP contribution in [0.4, 0.5) is 0 Å². The molecule has 0 rings (SSSR count). The molecule has 0 radical (unpaired) electrons. The van der Waals surface area contributed by atoms with E-state index < -0.39 is 15.6 Å². The van der Waals surface area contributed by atoms with E-state index in [1.807, 2.05) is 13.8 Å². The molecule has 24 heavy (non-hydrogen) atoms. The molecule has 0 saturated carbocycles. The maximum absolute atomic E-state index is 11.3. The minimum absolute atomic E-state index is 0.288. The molecule has 0 saturated heterocycles. The van der Waals surface area contributed by atoms with Crippen LogP contribution in [0.15, 0.2) is 0 Å². The van der Waals surface area contributed by atoms with Crippen molar-refractivity contribution in [3.63, 3.8) is 0 Å². The molecule has 0 atom stereocenters. The van der Waals surface area contributed by atoms with E-state index in [0.717, 1.165) is 25.7 Å². The summed E-state index contributed by atoms with van der Waals surface area (Å²) < 4.78 is 46.3. The van der Waals surface area contributed by atoms with Gasteiger partial charge in [-0.15, -0.1) is 0 Å². The zero-order valence-electron chi connectivity index (χ0n) is 15.6. The van der Waals surface area contributed by atoms with E-state index >= 15 is 0 Å². The fourth-order valence-electron chi connectivity index (χ4n) is 1.27. The zero-order valence-corrected chi connectivity index (χ0v) is 17.4. The van der Waals surface area contributed by atoms with Crippen LogP contribution >= 0.6 is 15.6 Å². The highest BCUT2D eigenvalue weighted by atomic mass is 31.2. The van der Waals surface area contributed by atoms with Gasteiger partial charge in [0, 0.05) is 0 Å². The summed E-state index contributed by atoms with van der Waals surface area (Å²) in [5.74, 6) is 0. The highest BCUT2D eigenvalue weighted by Crippen LogP contribution is 2.48. The first kappa shape index (κ1) is 26.4. The van der Waals surface area contributed by atoms with Crippen LogP contribution in [-0.2, 0) is 31.7 Å². The quantitative estimate of drug-likeness (QED) is 0.328. The molecule has 10 heteroatoms. The summed E-state index contributed by atoms with van der Waals surface area (Å²) in [6, 6.07) is 0. The molecule has 0 aliphatic heterocycles. The Morgan fingerprint density at radius 3 is 1.25 bits per heavy atom. The van der Waals surface area contributed by atoms with Crippen molar-refractivity contribution in [1.29, 1.82) is 0 Å². The Hall–Kier alpha value is 0.220. The summed E-state index contributed by atoms with van der Waals surface area (Å²) in [5.41, 5.74) is 0. The monoisotopic (exact) mass is 392 g/mol. The number of hydrogen-bond acceptors (Lipinski definition) is 7. The van der Waals surface area contributed by atoms with Gasteiger partial charge in [0.15, 0.2) is 0 Å². The number of phosphoric ester groups is 2. The molecule has 148 valence electrons. The molecule has 0 amide bonds. The summed E-state index contributed by atoms with van der Waals surface area (Å²) in [7, 11) is -6.97. The van der Waals surface area contributed by atoms with Gasteiger partial charge >= 0.3 is 15.6 Å². The molecule has 8 nitrogen and oxygen atoms in total. The number of hydrogen-bond donors (Lipinski definition) is 1. The van der Waals surface area contributed by atoms with Crippen LogP contribution in [0.5, 0.6) is 0 Å². The lowest BCUT2D eigenvalue weighted by Gasteiger charge is -2.14. The largest absolute Gasteiger partial charge is 0.474 e. The second-order valence-corrected chi connectivity index (χ2v) is 7.67. The molecule has 0 bridgehead atoms. The van der Waals surface area contributed by atoms with Gasteiger partial charge in [0.05, 0.1) is 33.0 Å². The molecule has 0 aliphatic carbocycles. The third-order valence-corrected chi connectivity index (χ3v) is 5.11. The van der Waals surface area contributed by atoms with Crippen molar-refractivity contribution in [1.82, 2.24) is 0 Å². The second-order valence-electron chi connectivity index (χ2n) is 4.54. The van der Waals surface area contributed by atoms with Gasteiger partial charge in [-0.25, -0.2) is 9.13 Å². The van der Waals surface area contributed by atoms with Crippen molar-refractivity contribution in [3.05, 3.63) is 0 Å². The molecular formula is C14H34O8P2. The Labute approximate surface area is 146 Å². The lowest BCUT2D eigenvalue weighted by Crippen LogP contribution is -1.99. The molecular weight excluding hydrogens is 358 g/mol.